The molecule has 0 saturated carbocycles. The van der Waals surface area contributed by atoms with E-state index in [2.05, 4.69) is 11.6 Å². The first-order chi connectivity index (χ1) is 11.6. The Bertz CT molecular complexity index is 858. The number of carbonyl (C=O) groups excluding carboxylic acids is 1. The molecule has 24 heavy (non-hydrogen) atoms. The van der Waals surface area contributed by atoms with E-state index >= 15 is 0 Å². The van der Waals surface area contributed by atoms with Crippen LogP contribution in [0.1, 0.15) is 15.9 Å². The van der Waals surface area contributed by atoms with E-state index in [-0.39, 0.29) is 0 Å². The highest BCUT2D eigenvalue weighted by Gasteiger charge is 2.14. The van der Waals surface area contributed by atoms with E-state index in [1.54, 1.807) is 55.0 Å². The van der Waals surface area contributed by atoms with Gasteiger partial charge >= 0.3 is 5.97 Å². The highest BCUT2D eigenvalue weighted by molar-refractivity contribution is 6.30. The Hall–Kier alpha value is -2.85. The molecule has 1 aromatic heterocycles. The number of rotatable bonds is 5. The van der Waals surface area contributed by atoms with Crippen LogP contribution in [0.25, 0.3) is 5.57 Å². The van der Waals surface area contributed by atoms with Gasteiger partial charge < -0.3 is 9.30 Å². The third-order valence-corrected chi connectivity index (χ3v) is 3.70. The van der Waals surface area contributed by atoms with Gasteiger partial charge in [0.1, 0.15) is 5.75 Å². The predicted molar refractivity (Wildman–Crippen MR) is 94.1 cm³/mol. The SMILES string of the molecule is C=C(Cn1ccnc1)c1cc(Cl)ccc1OC(=O)c1ccccc1. The van der Waals surface area contributed by atoms with Crippen LogP contribution in [-0.4, -0.2) is 15.5 Å². The van der Waals surface area contributed by atoms with Crippen molar-refractivity contribution in [2.24, 2.45) is 0 Å². The fourth-order valence-corrected chi connectivity index (χ4v) is 2.46. The Morgan fingerprint density at radius 2 is 2.00 bits per heavy atom. The number of halogens is 1. The van der Waals surface area contributed by atoms with Crippen molar-refractivity contribution in [1.29, 1.82) is 0 Å². The van der Waals surface area contributed by atoms with Crippen molar-refractivity contribution in [3.05, 3.63) is 90.0 Å². The first kappa shape index (κ1) is 16.0. The molecule has 0 N–H and O–H groups in total. The van der Waals surface area contributed by atoms with E-state index in [1.807, 2.05) is 16.8 Å². The van der Waals surface area contributed by atoms with Crippen LogP contribution in [0.2, 0.25) is 5.02 Å². The van der Waals surface area contributed by atoms with Gasteiger partial charge in [0, 0.05) is 29.5 Å². The zero-order valence-corrected chi connectivity index (χ0v) is 13.6. The number of benzene rings is 2. The fourth-order valence-electron chi connectivity index (χ4n) is 2.29. The Labute approximate surface area is 145 Å². The van der Waals surface area contributed by atoms with Crippen LogP contribution in [0, 0.1) is 0 Å². The van der Waals surface area contributed by atoms with Gasteiger partial charge in [-0.3, -0.25) is 0 Å². The molecule has 0 saturated heterocycles. The van der Waals surface area contributed by atoms with Crippen molar-refractivity contribution in [3.8, 4) is 5.75 Å². The third kappa shape index (κ3) is 3.73. The maximum atomic E-state index is 12.3. The lowest BCUT2D eigenvalue weighted by atomic mass is 10.1. The highest BCUT2D eigenvalue weighted by atomic mass is 35.5. The number of allylic oxidation sites excluding steroid dienone is 1. The van der Waals surface area contributed by atoms with E-state index in [9.17, 15) is 4.79 Å². The quantitative estimate of drug-likeness (QED) is 0.509. The Balaban J connectivity index is 1.85. The van der Waals surface area contributed by atoms with Gasteiger partial charge in [-0.25, -0.2) is 9.78 Å². The van der Waals surface area contributed by atoms with Gasteiger partial charge in [-0.05, 0) is 35.9 Å². The van der Waals surface area contributed by atoms with Gasteiger partial charge in [0.05, 0.1) is 11.9 Å². The van der Waals surface area contributed by atoms with Crippen LogP contribution in [0.15, 0.2) is 73.8 Å². The van der Waals surface area contributed by atoms with Crippen molar-refractivity contribution in [1.82, 2.24) is 9.55 Å². The summed E-state index contributed by atoms with van der Waals surface area (Å²) in [6.45, 7) is 4.61. The first-order valence-electron chi connectivity index (χ1n) is 7.34. The van der Waals surface area contributed by atoms with Crippen molar-refractivity contribution >= 4 is 23.1 Å². The van der Waals surface area contributed by atoms with E-state index < -0.39 is 5.97 Å². The first-order valence-corrected chi connectivity index (χ1v) is 7.72. The molecule has 0 bridgehead atoms. The summed E-state index contributed by atoms with van der Waals surface area (Å²) in [4.78, 5) is 16.3. The zero-order valence-electron chi connectivity index (χ0n) is 12.9. The molecule has 5 heteroatoms. The standard InChI is InChI=1S/C19H15ClN2O2/c1-14(12-22-10-9-21-13-22)17-11-16(20)7-8-18(17)24-19(23)15-5-3-2-4-6-15/h2-11,13H,1,12H2. The van der Waals surface area contributed by atoms with Crippen LogP contribution in [0.3, 0.4) is 0 Å². The monoisotopic (exact) mass is 338 g/mol. The zero-order chi connectivity index (χ0) is 16.9. The van der Waals surface area contributed by atoms with Crippen molar-refractivity contribution in [2.45, 2.75) is 6.54 Å². The van der Waals surface area contributed by atoms with Crippen LogP contribution in [0.4, 0.5) is 0 Å². The molecule has 0 spiro atoms. The fraction of sp³-hybridized carbons (Fsp3) is 0.0526. The minimum absolute atomic E-state index is 0.422. The van der Waals surface area contributed by atoms with Crippen LogP contribution in [-0.2, 0) is 6.54 Å². The van der Waals surface area contributed by atoms with Crippen molar-refractivity contribution < 1.29 is 9.53 Å². The molecular formula is C19H15ClN2O2. The molecule has 0 aliphatic heterocycles. The normalized spacial score (nSPS) is 10.4. The molecule has 0 amide bonds. The second kappa shape index (κ2) is 7.15. The lowest BCUT2D eigenvalue weighted by molar-refractivity contribution is 0.0734. The number of hydrogen-bond donors (Lipinski definition) is 0. The van der Waals surface area contributed by atoms with Crippen LogP contribution >= 0.6 is 11.6 Å². The number of aromatic nitrogens is 2. The molecule has 0 atom stereocenters. The molecule has 0 aliphatic rings. The Morgan fingerprint density at radius 3 is 2.71 bits per heavy atom. The number of carbonyl (C=O) groups is 1. The summed E-state index contributed by atoms with van der Waals surface area (Å²) in [6.07, 6.45) is 5.23. The van der Waals surface area contributed by atoms with E-state index in [4.69, 9.17) is 16.3 Å². The maximum absolute atomic E-state index is 12.3. The molecule has 120 valence electrons. The highest BCUT2D eigenvalue weighted by Crippen LogP contribution is 2.30. The van der Waals surface area contributed by atoms with Crippen LogP contribution < -0.4 is 4.74 Å². The lowest BCUT2D eigenvalue weighted by Gasteiger charge is -2.13. The average molecular weight is 339 g/mol. The van der Waals surface area contributed by atoms with E-state index in [0.717, 1.165) is 5.57 Å². The minimum atomic E-state index is -0.422. The summed E-state index contributed by atoms with van der Waals surface area (Å²) >= 11 is 6.10. The lowest BCUT2D eigenvalue weighted by Crippen LogP contribution is -2.10. The molecule has 0 aliphatic carbocycles. The molecule has 4 nitrogen and oxygen atoms in total. The van der Waals surface area contributed by atoms with Crippen molar-refractivity contribution in [3.63, 3.8) is 0 Å². The molecular weight excluding hydrogens is 324 g/mol. The van der Waals surface area contributed by atoms with Gasteiger partial charge in [-0.2, -0.15) is 0 Å². The Morgan fingerprint density at radius 1 is 1.21 bits per heavy atom. The number of ether oxygens (including phenoxy) is 1. The number of hydrogen-bond acceptors (Lipinski definition) is 3. The van der Waals surface area contributed by atoms with Gasteiger partial charge in [0.15, 0.2) is 0 Å². The summed E-state index contributed by atoms with van der Waals surface area (Å²) in [5.74, 6) is 0.00738. The summed E-state index contributed by atoms with van der Waals surface area (Å²) in [6, 6.07) is 13.9. The average Bonchev–Trinajstić information content (AvgIpc) is 3.10. The Kier molecular flexibility index (Phi) is 4.77. The smallest absolute Gasteiger partial charge is 0.343 e. The number of nitrogens with zero attached hydrogens (tertiary/aromatic N) is 2. The molecule has 3 rings (SSSR count). The predicted octanol–water partition coefficient (Wildman–Crippen LogP) is 4.47. The summed E-state index contributed by atoms with van der Waals surface area (Å²) in [5.41, 5.74) is 1.95. The minimum Gasteiger partial charge on any atom is -0.422 e. The second-order valence-corrected chi connectivity index (χ2v) is 5.67. The van der Waals surface area contributed by atoms with Crippen LogP contribution in [0.5, 0.6) is 5.75 Å². The molecule has 0 fully saturated rings. The van der Waals surface area contributed by atoms with Gasteiger partial charge in [0.25, 0.3) is 0 Å². The second-order valence-electron chi connectivity index (χ2n) is 5.23. The third-order valence-electron chi connectivity index (χ3n) is 3.47. The van der Waals surface area contributed by atoms with E-state index in [0.29, 0.717) is 28.4 Å². The summed E-state index contributed by atoms with van der Waals surface area (Å²) in [5, 5.41) is 0.552. The topological polar surface area (TPSA) is 44.1 Å². The summed E-state index contributed by atoms with van der Waals surface area (Å²) < 4.78 is 7.42. The maximum Gasteiger partial charge on any atom is 0.343 e. The molecule has 0 unspecified atom stereocenters. The molecule has 1 heterocycles. The van der Waals surface area contributed by atoms with Crippen molar-refractivity contribution in [2.75, 3.05) is 0 Å². The van der Waals surface area contributed by atoms with Gasteiger partial charge in [-0.15, -0.1) is 0 Å². The summed E-state index contributed by atoms with van der Waals surface area (Å²) in [7, 11) is 0. The number of esters is 1. The van der Waals surface area contributed by atoms with E-state index in [1.165, 1.54) is 0 Å². The molecule has 3 aromatic rings. The van der Waals surface area contributed by atoms with Gasteiger partial charge in [0.2, 0.25) is 0 Å². The number of imidazole rings is 1. The molecule has 0 radical (unpaired) electrons. The molecule has 2 aromatic carbocycles. The largest absolute Gasteiger partial charge is 0.422 e. The van der Waals surface area contributed by atoms with Gasteiger partial charge in [-0.1, -0.05) is 36.4 Å².